The Labute approximate surface area is 238 Å². The fourth-order valence-corrected chi connectivity index (χ4v) is 6.52. The average Bonchev–Trinajstić information content (AvgIpc) is 3.71. The quantitative estimate of drug-likeness (QED) is 0.323. The first-order chi connectivity index (χ1) is 20.2. The topological polar surface area (TPSA) is 121 Å². The van der Waals surface area contributed by atoms with E-state index in [1.807, 2.05) is 0 Å². The standard InChI is InChI=1S/C29H29F2N7O4/c1-36-13-17(26(31)35-36)24-22-15-6-4-14(5-7-15)18(30)8-9-42-21-11-16(10-19(21)33-28(39)41-3)38-25-20(37(2)29(38)40)12-32-27(34-24)23(22)25/h4-7,12-13,16,18-19,21H,8-11H2,1-3H3,(H,32,34)(H,33,39)/t16-,18-,19-,21+/m0/s1. The minimum atomic E-state index is -1.28. The van der Waals surface area contributed by atoms with Crippen LogP contribution in [0.4, 0.5) is 13.6 Å². The predicted octanol–water partition coefficient (Wildman–Crippen LogP) is 4.28. The summed E-state index contributed by atoms with van der Waals surface area (Å²) in [5, 5.41) is 7.36. The third kappa shape index (κ3) is 4.02. The number of nitrogens with one attached hydrogen (secondary N) is 2. The molecule has 0 spiro atoms. The normalized spacial score (nSPS) is 22.1. The highest BCUT2D eigenvalue weighted by atomic mass is 19.1. The lowest BCUT2D eigenvalue weighted by molar-refractivity contribution is 0.0271. The number of aromatic amines is 1. The number of fused-ring (bicyclic) bond motifs is 5. The lowest BCUT2D eigenvalue weighted by Crippen LogP contribution is -2.41. The van der Waals surface area contributed by atoms with E-state index >= 15 is 8.78 Å². The van der Waals surface area contributed by atoms with E-state index in [0.29, 0.717) is 57.3 Å². The molecule has 218 valence electrons. The molecule has 1 aliphatic carbocycles. The molecule has 2 N–H and O–H groups in total. The second-order valence-corrected chi connectivity index (χ2v) is 11.0. The fraction of sp³-hybridized carbons (Fsp3) is 0.379. The summed E-state index contributed by atoms with van der Waals surface area (Å²) in [5.41, 5.74) is 3.93. The monoisotopic (exact) mass is 577 g/mol. The number of carbonyl (C=O) groups is 1. The summed E-state index contributed by atoms with van der Waals surface area (Å²) in [6.45, 7) is 0.128. The van der Waals surface area contributed by atoms with Crippen molar-refractivity contribution in [2.45, 2.75) is 43.6 Å². The SMILES string of the molecule is COC(=O)N[C@H]1C[C@H]2C[C@H]1OCC[C@H](F)c1ccc(cc1)-c1c(-c3cn(C)nc3F)[nH]c3ncc4c(c13)n2c(=O)n4C. The molecular formula is C29H29F2N7O4. The van der Waals surface area contributed by atoms with Crippen molar-refractivity contribution in [1.82, 2.24) is 34.2 Å². The van der Waals surface area contributed by atoms with E-state index in [1.54, 1.807) is 59.9 Å². The van der Waals surface area contributed by atoms with Crippen molar-refractivity contribution in [2.24, 2.45) is 14.1 Å². The van der Waals surface area contributed by atoms with Crippen LogP contribution < -0.4 is 11.0 Å². The lowest BCUT2D eigenvalue weighted by atomic mass is 9.97. The number of benzene rings is 1. The zero-order chi connectivity index (χ0) is 29.3. The number of hydrogen-bond donors (Lipinski definition) is 2. The van der Waals surface area contributed by atoms with Gasteiger partial charge in [-0.2, -0.15) is 4.39 Å². The summed E-state index contributed by atoms with van der Waals surface area (Å²) in [6.07, 6.45) is 1.75. The van der Waals surface area contributed by atoms with E-state index < -0.39 is 30.4 Å². The number of alkyl carbamates (subject to hydrolysis) is 1. The molecule has 6 heterocycles. The van der Waals surface area contributed by atoms with E-state index in [-0.39, 0.29) is 30.3 Å². The molecule has 0 radical (unpaired) electrons. The molecular weight excluding hydrogens is 548 g/mol. The van der Waals surface area contributed by atoms with Gasteiger partial charge in [-0.3, -0.25) is 13.8 Å². The number of H-pyrrole nitrogens is 1. The van der Waals surface area contributed by atoms with E-state index in [9.17, 15) is 9.59 Å². The van der Waals surface area contributed by atoms with Gasteiger partial charge in [0.1, 0.15) is 11.8 Å². The molecule has 1 amide bonds. The molecule has 4 aromatic heterocycles. The molecule has 42 heavy (non-hydrogen) atoms. The Morgan fingerprint density at radius 1 is 1.21 bits per heavy atom. The molecule has 3 aliphatic rings. The molecule has 1 fully saturated rings. The Hall–Kier alpha value is -4.52. The first-order valence-corrected chi connectivity index (χ1v) is 13.8. The third-order valence-electron chi connectivity index (χ3n) is 8.52. The van der Waals surface area contributed by atoms with Crippen molar-refractivity contribution in [1.29, 1.82) is 0 Å². The summed E-state index contributed by atoms with van der Waals surface area (Å²) in [7, 11) is 4.60. The Morgan fingerprint density at radius 3 is 2.71 bits per heavy atom. The zero-order valence-electron chi connectivity index (χ0n) is 23.2. The van der Waals surface area contributed by atoms with Crippen LogP contribution in [0.1, 0.15) is 37.0 Å². The molecule has 0 saturated heterocycles. The van der Waals surface area contributed by atoms with Gasteiger partial charge < -0.3 is 19.8 Å². The zero-order valence-corrected chi connectivity index (χ0v) is 23.2. The highest BCUT2D eigenvalue weighted by Gasteiger charge is 2.40. The molecule has 0 unspecified atom stereocenters. The molecule has 5 aromatic rings. The number of rotatable bonds is 2. The summed E-state index contributed by atoms with van der Waals surface area (Å²) in [4.78, 5) is 34.0. The number of halogens is 2. The number of carbonyl (C=O) groups excluding carboxylic acids is 1. The molecule has 11 nitrogen and oxygen atoms in total. The number of ether oxygens (including phenoxy) is 2. The number of hydrogen-bond acceptors (Lipinski definition) is 6. The molecule has 2 aliphatic heterocycles. The van der Waals surface area contributed by atoms with E-state index in [4.69, 9.17) is 9.47 Å². The number of nitrogens with zero attached hydrogens (tertiary/aromatic N) is 5. The summed E-state index contributed by atoms with van der Waals surface area (Å²) >= 11 is 0. The smallest absolute Gasteiger partial charge is 0.407 e. The summed E-state index contributed by atoms with van der Waals surface area (Å²) < 4.78 is 46.1. The van der Waals surface area contributed by atoms with Crippen LogP contribution in [0.15, 0.2) is 41.5 Å². The number of imidazole rings is 1. The van der Waals surface area contributed by atoms with Crippen molar-refractivity contribution in [3.63, 3.8) is 0 Å². The van der Waals surface area contributed by atoms with Crippen molar-refractivity contribution in [3.05, 3.63) is 58.7 Å². The van der Waals surface area contributed by atoms with Crippen molar-refractivity contribution >= 4 is 28.2 Å². The minimum Gasteiger partial charge on any atom is -0.453 e. The molecule has 1 saturated carbocycles. The van der Waals surface area contributed by atoms with Crippen molar-refractivity contribution in [2.75, 3.05) is 13.7 Å². The number of pyridine rings is 1. The van der Waals surface area contributed by atoms with Gasteiger partial charge in [0.15, 0.2) is 0 Å². The van der Waals surface area contributed by atoms with Gasteiger partial charge in [0.2, 0.25) is 5.95 Å². The van der Waals surface area contributed by atoms with Crippen LogP contribution in [0.5, 0.6) is 0 Å². The Kier molecular flexibility index (Phi) is 6.15. The van der Waals surface area contributed by atoms with E-state index in [2.05, 4.69) is 20.4 Å². The largest absolute Gasteiger partial charge is 0.453 e. The summed E-state index contributed by atoms with van der Waals surface area (Å²) in [5.74, 6) is -0.661. The molecule has 4 bridgehead atoms. The van der Waals surface area contributed by atoms with E-state index in [1.165, 1.54) is 11.8 Å². The van der Waals surface area contributed by atoms with Crippen LogP contribution in [-0.2, 0) is 23.6 Å². The maximum atomic E-state index is 15.3. The van der Waals surface area contributed by atoms with Crippen LogP contribution in [0.25, 0.3) is 44.5 Å². The van der Waals surface area contributed by atoms with Gasteiger partial charge in [0.25, 0.3) is 0 Å². The maximum absolute atomic E-state index is 15.3. The van der Waals surface area contributed by atoms with Crippen molar-refractivity contribution < 1.29 is 23.0 Å². The second kappa shape index (κ2) is 9.79. The predicted molar refractivity (Wildman–Crippen MR) is 150 cm³/mol. The van der Waals surface area contributed by atoms with Gasteiger partial charge in [0, 0.05) is 38.3 Å². The van der Waals surface area contributed by atoms with Gasteiger partial charge in [-0.05, 0) is 24.0 Å². The molecule has 1 aromatic carbocycles. The minimum absolute atomic E-state index is 0.117. The Morgan fingerprint density at radius 2 is 2.00 bits per heavy atom. The number of aromatic nitrogens is 6. The van der Waals surface area contributed by atoms with Crippen LogP contribution in [0.3, 0.4) is 0 Å². The molecule has 4 atom stereocenters. The molecule has 8 rings (SSSR count). The third-order valence-corrected chi connectivity index (χ3v) is 8.52. The number of methoxy groups -OCH3 is 1. The van der Waals surface area contributed by atoms with Crippen LogP contribution >= 0.6 is 0 Å². The van der Waals surface area contributed by atoms with Gasteiger partial charge >= 0.3 is 11.8 Å². The Bertz CT molecular complexity index is 1910. The highest BCUT2D eigenvalue weighted by molar-refractivity contribution is 6.14. The highest BCUT2D eigenvalue weighted by Crippen LogP contribution is 2.44. The fourth-order valence-electron chi connectivity index (χ4n) is 6.52. The van der Waals surface area contributed by atoms with Crippen molar-refractivity contribution in [3.8, 4) is 22.4 Å². The van der Waals surface area contributed by atoms with Gasteiger partial charge in [-0.25, -0.2) is 19.0 Å². The number of amides is 1. The van der Waals surface area contributed by atoms with Gasteiger partial charge in [-0.15, -0.1) is 5.10 Å². The summed E-state index contributed by atoms with van der Waals surface area (Å²) in [6, 6.07) is 6.19. The lowest BCUT2D eigenvalue weighted by Gasteiger charge is -2.21. The number of aryl methyl sites for hydroxylation is 2. The van der Waals surface area contributed by atoms with Gasteiger partial charge in [0.05, 0.1) is 59.7 Å². The molecule has 13 heteroatoms. The Balaban J connectivity index is 1.55. The second-order valence-electron chi connectivity index (χ2n) is 11.0. The van der Waals surface area contributed by atoms with Crippen LogP contribution in [0, 0.1) is 5.95 Å². The number of alkyl halides is 1. The van der Waals surface area contributed by atoms with Gasteiger partial charge in [-0.1, -0.05) is 24.3 Å². The first kappa shape index (κ1) is 26.4. The maximum Gasteiger partial charge on any atom is 0.407 e. The van der Waals surface area contributed by atoms with E-state index in [0.717, 1.165) is 0 Å². The van der Waals surface area contributed by atoms with Crippen LogP contribution in [-0.4, -0.2) is 60.8 Å². The average molecular weight is 578 g/mol. The first-order valence-electron chi connectivity index (χ1n) is 13.8. The van der Waals surface area contributed by atoms with Crippen LogP contribution in [0.2, 0.25) is 0 Å².